The normalized spacial score (nSPS) is 13.7. The van der Waals surface area contributed by atoms with Crippen molar-refractivity contribution < 1.29 is 9.26 Å². The van der Waals surface area contributed by atoms with Crippen LogP contribution in [0.1, 0.15) is 11.3 Å². The third kappa shape index (κ3) is 1.40. The lowest BCUT2D eigenvalue weighted by atomic mass is 10.1. The second kappa shape index (κ2) is 3.12. The fourth-order valence-electron chi connectivity index (χ4n) is 1.84. The molecule has 0 fully saturated rings. The topological polar surface area (TPSA) is 35.3 Å². The van der Waals surface area contributed by atoms with Crippen LogP contribution in [0.4, 0.5) is 0 Å². The smallest absolute Gasteiger partial charge is 0.167 e. The summed E-state index contributed by atoms with van der Waals surface area (Å²) in [6, 6.07) is 8.06. The molecule has 1 aliphatic heterocycles. The van der Waals surface area contributed by atoms with Crippen molar-refractivity contribution in [2.45, 2.75) is 13.3 Å². The molecule has 3 heteroatoms. The number of hydrogen-bond donors (Lipinski definition) is 0. The molecular formula is C12H11NO2. The van der Waals surface area contributed by atoms with Crippen molar-refractivity contribution in [1.82, 2.24) is 5.16 Å². The van der Waals surface area contributed by atoms with Crippen molar-refractivity contribution in [3.63, 3.8) is 0 Å². The number of hydrogen-bond acceptors (Lipinski definition) is 3. The van der Waals surface area contributed by atoms with Crippen LogP contribution in [0, 0.1) is 6.92 Å². The molecular weight excluding hydrogens is 190 g/mol. The number of ether oxygens (including phenoxy) is 1. The molecule has 0 saturated carbocycles. The van der Waals surface area contributed by atoms with Gasteiger partial charge < -0.3 is 9.26 Å². The quantitative estimate of drug-likeness (QED) is 0.711. The first kappa shape index (κ1) is 8.53. The van der Waals surface area contributed by atoms with Gasteiger partial charge in [-0.05, 0) is 30.7 Å². The summed E-state index contributed by atoms with van der Waals surface area (Å²) in [5.74, 6) is 1.82. The lowest BCUT2D eigenvalue weighted by Crippen LogP contribution is -1.85. The van der Waals surface area contributed by atoms with E-state index in [0.717, 1.165) is 35.8 Å². The molecule has 1 aromatic heterocycles. The highest BCUT2D eigenvalue weighted by Crippen LogP contribution is 2.30. The third-order valence-electron chi connectivity index (χ3n) is 2.60. The van der Waals surface area contributed by atoms with Crippen LogP contribution in [-0.4, -0.2) is 11.8 Å². The van der Waals surface area contributed by atoms with Gasteiger partial charge in [0.1, 0.15) is 5.75 Å². The summed E-state index contributed by atoms with van der Waals surface area (Å²) >= 11 is 0. The summed E-state index contributed by atoms with van der Waals surface area (Å²) in [6.07, 6.45) is 0.982. The summed E-state index contributed by atoms with van der Waals surface area (Å²) in [5.41, 5.74) is 3.23. The van der Waals surface area contributed by atoms with Gasteiger partial charge >= 0.3 is 0 Å². The zero-order valence-corrected chi connectivity index (χ0v) is 8.49. The highest BCUT2D eigenvalue weighted by atomic mass is 16.5. The zero-order chi connectivity index (χ0) is 10.3. The van der Waals surface area contributed by atoms with Gasteiger partial charge in [-0.2, -0.15) is 0 Å². The predicted molar refractivity (Wildman–Crippen MR) is 55.9 cm³/mol. The van der Waals surface area contributed by atoms with E-state index in [1.807, 2.05) is 25.1 Å². The molecule has 0 unspecified atom stereocenters. The molecule has 0 N–H and O–H groups in total. The first-order valence-electron chi connectivity index (χ1n) is 5.02. The predicted octanol–water partition coefficient (Wildman–Crippen LogP) is 2.58. The van der Waals surface area contributed by atoms with E-state index >= 15 is 0 Å². The maximum atomic E-state index is 5.45. The minimum Gasteiger partial charge on any atom is -0.493 e. The second-order valence-corrected chi connectivity index (χ2v) is 3.75. The van der Waals surface area contributed by atoms with Gasteiger partial charge in [-0.15, -0.1) is 0 Å². The van der Waals surface area contributed by atoms with E-state index < -0.39 is 0 Å². The number of rotatable bonds is 1. The molecule has 0 spiro atoms. The molecule has 0 saturated heterocycles. The van der Waals surface area contributed by atoms with E-state index in [0.29, 0.717) is 0 Å². The van der Waals surface area contributed by atoms with E-state index in [1.54, 1.807) is 0 Å². The van der Waals surface area contributed by atoms with Crippen molar-refractivity contribution in [2.24, 2.45) is 0 Å². The van der Waals surface area contributed by atoms with Crippen molar-refractivity contribution in [3.8, 4) is 17.1 Å². The maximum absolute atomic E-state index is 5.45. The average Bonchev–Trinajstić information content (AvgIpc) is 2.84. The van der Waals surface area contributed by atoms with Crippen LogP contribution in [-0.2, 0) is 6.42 Å². The summed E-state index contributed by atoms with van der Waals surface area (Å²) in [4.78, 5) is 0. The number of aromatic nitrogens is 1. The Kier molecular flexibility index (Phi) is 1.78. The Morgan fingerprint density at radius 3 is 3.00 bits per heavy atom. The molecule has 1 aliphatic rings. The van der Waals surface area contributed by atoms with E-state index in [-0.39, 0.29) is 0 Å². The van der Waals surface area contributed by atoms with E-state index in [2.05, 4.69) is 11.2 Å². The number of aryl methyl sites for hydroxylation is 1. The largest absolute Gasteiger partial charge is 0.493 e. The third-order valence-corrected chi connectivity index (χ3v) is 2.60. The SMILES string of the molecule is Cc1cc(-c2ccc3c(c2)CCO3)on1. The Morgan fingerprint density at radius 2 is 2.20 bits per heavy atom. The van der Waals surface area contributed by atoms with Crippen LogP contribution < -0.4 is 4.74 Å². The number of benzene rings is 1. The molecule has 0 bridgehead atoms. The Morgan fingerprint density at radius 1 is 1.27 bits per heavy atom. The lowest BCUT2D eigenvalue weighted by molar-refractivity contribution is 0.357. The van der Waals surface area contributed by atoms with Gasteiger partial charge in [-0.1, -0.05) is 5.16 Å². The summed E-state index contributed by atoms with van der Waals surface area (Å²) in [6.45, 7) is 2.71. The molecule has 0 radical (unpaired) electrons. The fraction of sp³-hybridized carbons (Fsp3) is 0.250. The maximum Gasteiger partial charge on any atom is 0.167 e. The van der Waals surface area contributed by atoms with Crippen LogP contribution in [0.2, 0.25) is 0 Å². The Hall–Kier alpha value is -1.77. The number of nitrogens with zero attached hydrogens (tertiary/aromatic N) is 1. The summed E-state index contributed by atoms with van der Waals surface area (Å²) in [7, 11) is 0. The number of fused-ring (bicyclic) bond motifs is 1. The highest BCUT2D eigenvalue weighted by molar-refractivity contribution is 5.61. The van der Waals surface area contributed by atoms with Crippen molar-refractivity contribution in [3.05, 3.63) is 35.5 Å². The molecule has 0 amide bonds. The van der Waals surface area contributed by atoms with Gasteiger partial charge in [0.2, 0.25) is 0 Å². The Bertz CT molecular complexity index is 502. The van der Waals surface area contributed by atoms with Gasteiger partial charge in [0.15, 0.2) is 5.76 Å². The molecule has 3 rings (SSSR count). The Balaban J connectivity index is 2.06. The van der Waals surface area contributed by atoms with Crippen LogP contribution in [0.5, 0.6) is 5.75 Å². The summed E-state index contributed by atoms with van der Waals surface area (Å²) in [5, 5.41) is 3.88. The van der Waals surface area contributed by atoms with Crippen LogP contribution in [0.15, 0.2) is 28.8 Å². The molecule has 3 nitrogen and oxygen atoms in total. The fourth-order valence-corrected chi connectivity index (χ4v) is 1.84. The van der Waals surface area contributed by atoms with Gasteiger partial charge in [0, 0.05) is 18.1 Å². The monoisotopic (exact) mass is 201 g/mol. The van der Waals surface area contributed by atoms with Gasteiger partial charge in [-0.25, -0.2) is 0 Å². The lowest BCUT2D eigenvalue weighted by Gasteiger charge is -2.00. The molecule has 0 aliphatic carbocycles. The molecule has 0 atom stereocenters. The average molecular weight is 201 g/mol. The van der Waals surface area contributed by atoms with E-state index in [1.165, 1.54) is 5.56 Å². The zero-order valence-electron chi connectivity index (χ0n) is 8.49. The second-order valence-electron chi connectivity index (χ2n) is 3.75. The molecule has 15 heavy (non-hydrogen) atoms. The van der Waals surface area contributed by atoms with Crippen molar-refractivity contribution in [1.29, 1.82) is 0 Å². The Labute approximate surface area is 87.7 Å². The van der Waals surface area contributed by atoms with Gasteiger partial charge in [-0.3, -0.25) is 0 Å². The van der Waals surface area contributed by atoms with E-state index in [4.69, 9.17) is 9.26 Å². The van der Waals surface area contributed by atoms with Crippen LogP contribution in [0.25, 0.3) is 11.3 Å². The molecule has 1 aromatic carbocycles. The van der Waals surface area contributed by atoms with Crippen molar-refractivity contribution in [2.75, 3.05) is 6.61 Å². The first-order valence-corrected chi connectivity index (χ1v) is 5.02. The molecule has 2 heterocycles. The van der Waals surface area contributed by atoms with Gasteiger partial charge in [0.05, 0.1) is 12.3 Å². The van der Waals surface area contributed by atoms with Crippen molar-refractivity contribution >= 4 is 0 Å². The molecule has 76 valence electrons. The highest BCUT2D eigenvalue weighted by Gasteiger charge is 2.13. The van der Waals surface area contributed by atoms with Gasteiger partial charge in [0.25, 0.3) is 0 Å². The standard InChI is InChI=1S/C12H11NO2/c1-8-6-12(15-13-8)9-2-3-11-10(7-9)4-5-14-11/h2-3,6-7H,4-5H2,1H3. The molecule has 2 aromatic rings. The van der Waals surface area contributed by atoms with Crippen LogP contribution >= 0.6 is 0 Å². The van der Waals surface area contributed by atoms with Crippen LogP contribution in [0.3, 0.4) is 0 Å². The minimum atomic E-state index is 0.786. The first-order chi connectivity index (χ1) is 7.33. The van der Waals surface area contributed by atoms with E-state index in [9.17, 15) is 0 Å². The minimum absolute atomic E-state index is 0.786. The summed E-state index contributed by atoms with van der Waals surface area (Å²) < 4.78 is 10.7.